The van der Waals surface area contributed by atoms with Gasteiger partial charge in [0.2, 0.25) is 0 Å². The molecule has 0 nitrogen and oxygen atoms in total. The quantitative estimate of drug-likeness (QED) is 0.221. The van der Waals surface area contributed by atoms with Crippen LogP contribution in [0.4, 0.5) is 0 Å². The van der Waals surface area contributed by atoms with Crippen LogP contribution < -0.4 is 20.9 Å². The van der Waals surface area contributed by atoms with Gasteiger partial charge >= 0.3 is 0 Å². The first-order valence-corrected chi connectivity index (χ1v) is 14.4. The summed E-state index contributed by atoms with van der Waals surface area (Å²) in [6.07, 6.45) is 10.4. The van der Waals surface area contributed by atoms with Gasteiger partial charge in [0, 0.05) is 5.92 Å². The molecule has 0 amide bonds. The lowest BCUT2D eigenvalue weighted by Gasteiger charge is -2.21. The highest BCUT2D eigenvalue weighted by atomic mass is 14.2. The Labute approximate surface area is 234 Å². The molecule has 0 bridgehead atoms. The molecule has 2 aliphatic carbocycles. The monoisotopic (exact) mass is 510 g/mol. The van der Waals surface area contributed by atoms with E-state index in [0.717, 1.165) is 19.3 Å². The number of hydrogen-bond acceptors (Lipinski definition) is 0. The van der Waals surface area contributed by atoms with E-state index >= 15 is 0 Å². The second-order valence-electron chi connectivity index (χ2n) is 11.1. The Hall–Kier alpha value is -4.68. The van der Waals surface area contributed by atoms with Crippen molar-refractivity contribution in [1.82, 2.24) is 0 Å². The van der Waals surface area contributed by atoms with Crippen molar-refractivity contribution in [2.45, 2.75) is 25.2 Å². The van der Waals surface area contributed by atoms with E-state index in [1.165, 1.54) is 70.2 Å². The predicted molar refractivity (Wildman–Crippen MR) is 171 cm³/mol. The van der Waals surface area contributed by atoms with E-state index in [0.29, 0.717) is 5.92 Å². The van der Waals surface area contributed by atoms with Gasteiger partial charge in [0.1, 0.15) is 0 Å². The molecule has 0 spiro atoms. The van der Waals surface area contributed by atoms with Crippen LogP contribution in [-0.2, 0) is 0 Å². The lowest BCUT2D eigenvalue weighted by molar-refractivity contribution is 0.921. The zero-order valence-corrected chi connectivity index (χ0v) is 22.5. The van der Waals surface area contributed by atoms with E-state index in [1.807, 2.05) is 0 Å². The smallest absolute Gasteiger partial charge is 0.00620 e. The van der Waals surface area contributed by atoms with E-state index in [4.69, 9.17) is 0 Å². The summed E-state index contributed by atoms with van der Waals surface area (Å²) >= 11 is 0. The van der Waals surface area contributed by atoms with Crippen LogP contribution in [0, 0.1) is 0 Å². The molecule has 0 fully saturated rings. The van der Waals surface area contributed by atoms with Crippen molar-refractivity contribution in [3.05, 3.63) is 153 Å². The highest BCUT2D eigenvalue weighted by molar-refractivity contribution is 6.18. The van der Waals surface area contributed by atoms with Crippen LogP contribution in [0.5, 0.6) is 0 Å². The summed E-state index contributed by atoms with van der Waals surface area (Å²) in [6, 6.07) is 45.0. The van der Waals surface area contributed by atoms with E-state index in [1.54, 1.807) is 0 Å². The molecule has 2 aliphatic rings. The SMILES string of the molecule is C1=c2ccccc2=CC(c2ccc(-c3c4ccccc4c(C4=c5ccccc5=CCC4)c4ccccc34)cc2)C1. The second kappa shape index (κ2) is 9.50. The maximum atomic E-state index is 2.43. The fourth-order valence-corrected chi connectivity index (χ4v) is 7.00. The Morgan fingerprint density at radius 3 is 1.75 bits per heavy atom. The number of benzene rings is 6. The summed E-state index contributed by atoms with van der Waals surface area (Å²) in [7, 11) is 0. The molecule has 0 saturated carbocycles. The minimum absolute atomic E-state index is 0.416. The van der Waals surface area contributed by atoms with Gasteiger partial charge < -0.3 is 0 Å². The molecule has 6 aromatic rings. The Kier molecular flexibility index (Phi) is 5.52. The molecular formula is C40H30. The minimum Gasteiger partial charge on any atom is -0.0763 e. The maximum Gasteiger partial charge on any atom is 0.00620 e. The summed E-state index contributed by atoms with van der Waals surface area (Å²) in [4.78, 5) is 0. The molecule has 0 N–H and O–H groups in total. The van der Waals surface area contributed by atoms with E-state index in [9.17, 15) is 0 Å². The normalized spacial score (nSPS) is 16.0. The fourth-order valence-electron chi connectivity index (χ4n) is 7.00. The molecule has 0 radical (unpaired) electrons. The van der Waals surface area contributed by atoms with Gasteiger partial charge in [-0.1, -0.05) is 140 Å². The Bertz CT molecular complexity index is 2120. The molecular weight excluding hydrogens is 480 g/mol. The Morgan fingerprint density at radius 2 is 1.05 bits per heavy atom. The van der Waals surface area contributed by atoms with Crippen LogP contribution in [0.15, 0.2) is 121 Å². The van der Waals surface area contributed by atoms with Crippen molar-refractivity contribution in [2.24, 2.45) is 0 Å². The third-order valence-corrected chi connectivity index (χ3v) is 8.87. The lowest BCUT2D eigenvalue weighted by Crippen LogP contribution is -2.29. The molecule has 6 aromatic carbocycles. The van der Waals surface area contributed by atoms with Gasteiger partial charge in [-0.25, -0.2) is 0 Å². The lowest BCUT2D eigenvalue weighted by atomic mass is 9.82. The van der Waals surface area contributed by atoms with Crippen LogP contribution >= 0.6 is 0 Å². The predicted octanol–water partition coefficient (Wildman–Crippen LogP) is 7.18. The van der Waals surface area contributed by atoms with Crippen LogP contribution in [0.25, 0.3) is 56.5 Å². The first-order chi connectivity index (χ1) is 19.8. The molecule has 190 valence electrons. The van der Waals surface area contributed by atoms with Gasteiger partial charge in [0.25, 0.3) is 0 Å². The third-order valence-electron chi connectivity index (χ3n) is 8.87. The molecule has 0 heterocycles. The molecule has 0 aliphatic heterocycles. The van der Waals surface area contributed by atoms with Crippen molar-refractivity contribution in [3.63, 3.8) is 0 Å². The Balaban J connectivity index is 1.34. The summed E-state index contributed by atoms with van der Waals surface area (Å²) in [6.45, 7) is 0. The van der Waals surface area contributed by atoms with Gasteiger partial charge in [-0.3, -0.25) is 0 Å². The second-order valence-corrected chi connectivity index (χ2v) is 11.1. The van der Waals surface area contributed by atoms with Crippen LogP contribution in [0.3, 0.4) is 0 Å². The first-order valence-electron chi connectivity index (χ1n) is 14.4. The maximum absolute atomic E-state index is 2.43. The molecule has 1 atom stereocenters. The average Bonchev–Trinajstić information content (AvgIpc) is 3.03. The molecule has 1 unspecified atom stereocenters. The standard InChI is InChI=1S/C40H30/c1-2-12-31-26-32(25-22-27(31)10-1)28-20-23-30(24-21-28)39-35-15-5-7-17-37(35)40(38-18-8-6-16-36(38)39)34-19-9-13-29-11-3-4-14-33(29)34/h1-8,10-18,20-24,26,32H,9,19,25H2. The molecule has 8 rings (SSSR count). The van der Waals surface area contributed by atoms with E-state index in [-0.39, 0.29) is 0 Å². The van der Waals surface area contributed by atoms with Crippen molar-refractivity contribution in [3.8, 4) is 11.1 Å². The molecule has 0 aromatic heterocycles. The highest BCUT2D eigenvalue weighted by Gasteiger charge is 2.19. The van der Waals surface area contributed by atoms with Crippen molar-refractivity contribution in [1.29, 1.82) is 0 Å². The summed E-state index contributed by atoms with van der Waals surface area (Å²) < 4.78 is 0. The molecule has 40 heavy (non-hydrogen) atoms. The summed E-state index contributed by atoms with van der Waals surface area (Å²) in [5.74, 6) is 0.416. The minimum atomic E-state index is 0.416. The zero-order valence-electron chi connectivity index (χ0n) is 22.5. The highest BCUT2D eigenvalue weighted by Crippen LogP contribution is 2.42. The molecule has 0 heteroatoms. The number of fused-ring (bicyclic) bond motifs is 4. The van der Waals surface area contributed by atoms with E-state index in [2.05, 4.69) is 140 Å². The van der Waals surface area contributed by atoms with Crippen LogP contribution in [-0.4, -0.2) is 0 Å². The van der Waals surface area contributed by atoms with Gasteiger partial charge in [-0.2, -0.15) is 0 Å². The van der Waals surface area contributed by atoms with Crippen molar-refractivity contribution < 1.29 is 0 Å². The Morgan fingerprint density at radius 1 is 0.475 bits per heavy atom. The third kappa shape index (κ3) is 3.75. The zero-order chi connectivity index (χ0) is 26.5. The first kappa shape index (κ1) is 23.2. The van der Waals surface area contributed by atoms with Gasteiger partial charge in [-0.05, 0) is 89.5 Å². The van der Waals surface area contributed by atoms with Gasteiger partial charge in [0.05, 0.1) is 0 Å². The largest absolute Gasteiger partial charge is 0.0763 e. The van der Waals surface area contributed by atoms with Crippen molar-refractivity contribution >= 4 is 45.3 Å². The van der Waals surface area contributed by atoms with E-state index < -0.39 is 0 Å². The summed E-state index contributed by atoms with van der Waals surface area (Å²) in [5, 5.41) is 10.8. The number of hydrogen-bond donors (Lipinski definition) is 0. The number of rotatable bonds is 3. The molecule has 0 saturated heterocycles. The van der Waals surface area contributed by atoms with Gasteiger partial charge in [-0.15, -0.1) is 0 Å². The average molecular weight is 511 g/mol. The fraction of sp³-hybridized carbons (Fsp3) is 0.100. The van der Waals surface area contributed by atoms with Crippen LogP contribution in [0.2, 0.25) is 0 Å². The topological polar surface area (TPSA) is 0 Å². The van der Waals surface area contributed by atoms with Crippen LogP contribution in [0.1, 0.15) is 36.3 Å². The van der Waals surface area contributed by atoms with Crippen molar-refractivity contribution in [2.75, 3.05) is 0 Å². The van der Waals surface area contributed by atoms with Gasteiger partial charge in [0.15, 0.2) is 0 Å². The summed E-state index contributed by atoms with van der Waals surface area (Å²) in [5.41, 5.74) is 6.87.